The lowest BCUT2D eigenvalue weighted by molar-refractivity contribution is -0.0721. The van der Waals surface area contributed by atoms with Crippen molar-refractivity contribution < 1.29 is 13.9 Å². The van der Waals surface area contributed by atoms with Crippen molar-refractivity contribution in [1.29, 1.82) is 0 Å². The van der Waals surface area contributed by atoms with E-state index in [4.69, 9.17) is 13.9 Å². The molecule has 2 saturated heterocycles. The first kappa shape index (κ1) is 17.3. The molecule has 1 aromatic heterocycles. The average molecular weight is 335 g/mol. The number of piperidine rings is 1. The quantitative estimate of drug-likeness (QED) is 0.661. The molecule has 2 aliphatic heterocycles. The second kappa shape index (κ2) is 9.08. The van der Waals surface area contributed by atoms with E-state index in [0.29, 0.717) is 12.2 Å². The number of rotatable bonds is 5. The Labute approximate surface area is 144 Å². The van der Waals surface area contributed by atoms with Crippen LogP contribution < -0.4 is 5.32 Å². The van der Waals surface area contributed by atoms with E-state index < -0.39 is 0 Å². The van der Waals surface area contributed by atoms with Crippen LogP contribution in [0.15, 0.2) is 28.0 Å². The Hall–Kier alpha value is -1.53. The van der Waals surface area contributed by atoms with Crippen LogP contribution in [-0.2, 0) is 16.0 Å². The number of aliphatic imine (C=N–C) groups is 1. The Bertz CT molecular complexity index is 490. The van der Waals surface area contributed by atoms with Gasteiger partial charge in [-0.1, -0.05) is 0 Å². The Morgan fingerprint density at radius 2 is 2.21 bits per heavy atom. The molecule has 6 nitrogen and oxygen atoms in total. The molecule has 6 heteroatoms. The summed E-state index contributed by atoms with van der Waals surface area (Å²) in [5.41, 5.74) is 1.13. The Kier molecular flexibility index (Phi) is 6.55. The Morgan fingerprint density at radius 1 is 1.33 bits per heavy atom. The van der Waals surface area contributed by atoms with Crippen LogP contribution in [0.1, 0.15) is 37.7 Å². The second-order valence-electron chi connectivity index (χ2n) is 6.54. The van der Waals surface area contributed by atoms with E-state index in [1.54, 1.807) is 12.5 Å². The van der Waals surface area contributed by atoms with E-state index in [0.717, 1.165) is 63.6 Å². The molecular formula is C18H29N3O3. The van der Waals surface area contributed by atoms with Gasteiger partial charge in [-0.2, -0.15) is 0 Å². The number of nitrogens with one attached hydrogen (secondary N) is 1. The van der Waals surface area contributed by atoms with Gasteiger partial charge in [-0.05, 0) is 38.2 Å². The molecule has 3 rings (SSSR count). The van der Waals surface area contributed by atoms with Crippen molar-refractivity contribution in [2.45, 2.75) is 50.9 Å². The van der Waals surface area contributed by atoms with Crippen LogP contribution in [0, 0.1) is 0 Å². The van der Waals surface area contributed by atoms with Crippen LogP contribution in [-0.4, -0.2) is 56.4 Å². The van der Waals surface area contributed by atoms with Gasteiger partial charge in [0.2, 0.25) is 0 Å². The molecular weight excluding hydrogens is 306 g/mol. The summed E-state index contributed by atoms with van der Waals surface area (Å²) < 4.78 is 16.9. The number of hydrogen-bond donors (Lipinski definition) is 1. The van der Waals surface area contributed by atoms with Gasteiger partial charge in [0.25, 0.3) is 0 Å². The zero-order valence-electron chi connectivity index (χ0n) is 14.6. The summed E-state index contributed by atoms with van der Waals surface area (Å²) in [6.45, 7) is 4.32. The van der Waals surface area contributed by atoms with Gasteiger partial charge in [-0.25, -0.2) is 0 Å². The van der Waals surface area contributed by atoms with Gasteiger partial charge >= 0.3 is 0 Å². The molecule has 0 saturated carbocycles. The summed E-state index contributed by atoms with van der Waals surface area (Å²) in [6.07, 6.45) is 9.79. The summed E-state index contributed by atoms with van der Waals surface area (Å²) in [6, 6.07) is 1.97. The maximum atomic E-state index is 6.08. The van der Waals surface area contributed by atoms with Crippen molar-refractivity contribution in [2.75, 3.05) is 33.4 Å². The Balaban J connectivity index is 1.37. The molecule has 0 amide bonds. The maximum absolute atomic E-state index is 6.08. The minimum atomic E-state index is 0.307. The lowest BCUT2D eigenvalue weighted by atomic mass is 10.1. The molecule has 2 fully saturated rings. The van der Waals surface area contributed by atoms with E-state index in [1.165, 1.54) is 12.8 Å². The van der Waals surface area contributed by atoms with E-state index in [9.17, 15) is 0 Å². The number of guanidine groups is 1. The highest BCUT2D eigenvalue weighted by atomic mass is 16.5. The third kappa shape index (κ3) is 4.98. The molecule has 3 heterocycles. The SMILES string of the molecule is CN=C(NCc1ccoc1)N1CCC(OCC2CCCCO2)CC1. The van der Waals surface area contributed by atoms with Crippen LogP contribution in [0.2, 0.25) is 0 Å². The van der Waals surface area contributed by atoms with Crippen LogP contribution in [0.3, 0.4) is 0 Å². The summed E-state index contributed by atoms with van der Waals surface area (Å²) in [5, 5.41) is 3.40. The van der Waals surface area contributed by atoms with Gasteiger partial charge in [-0.15, -0.1) is 0 Å². The van der Waals surface area contributed by atoms with Crippen molar-refractivity contribution >= 4 is 5.96 Å². The topological polar surface area (TPSA) is 59.2 Å². The fraction of sp³-hybridized carbons (Fsp3) is 0.722. The van der Waals surface area contributed by atoms with Crippen molar-refractivity contribution in [3.8, 4) is 0 Å². The normalized spacial score (nSPS) is 23.5. The minimum absolute atomic E-state index is 0.307. The van der Waals surface area contributed by atoms with E-state index >= 15 is 0 Å². The van der Waals surface area contributed by atoms with Gasteiger partial charge in [0, 0.05) is 38.9 Å². The van der Waals surface area contributed by atoms with Crippen molar-refractivity contribution in [3.63, 3.8) is 0 Å². The van der Waals surface area contributed by atoms with Gasteiger partial charge < -0.3 is 24.1 Å². The smallest absolute Gasteiger partial charge is 0.193 e. The maximum Gasteiger partial charge on any atom is 0.193 e. The number of hydrogen-bond acceptors (Lipinski definition) is 4. The zero-order valence-corrected chi connectivity index (χ0v) is 14.6. The summed E-state index contributed by atoms with van der Waals surface area (Å²) in [7, 11) is 1.83. The first-order valence-corrected chi connectivity index (χ1v) is 9.05. The largest absolute Gasteiger partial charge is 0.472 e. The molecule has 0 aliphatic carbocycles. The molecule has 0 aromatic carbocycles. The first-order valence-electron chi connectivity index (χ1n) is 9.05. The van der Waals surface area contributed by atoms with Gasteiger partial charge in [0.1, 0.15) is 0 Å². The third-order valence-corrected chi connectivity index (χ3v) is 4.78. The summed E-state index contributed by atoms with van der Waals surface area (Å²) >= 11 is 0. The van der Waals surface area contributed by atoms with Crippen LogP contribution >= 0.6 is 0 Å². The zero-order chi connectivity index (χ0) is 16.6. The number of ether oxygens (including phenoxy) is 2. The standard InChI is InChI=1S/C18H29N3O3/c1-19-18(20-12-15-7-11-22-13-15)21-8-5-16(6-9-21)24-14-17-4-2-3-10-23-17/h7,11,13,16-17H,2-6,8-10,12,14H2,1H3,(H,19,20). The molecule has 1 unspecified atom stereocenters. The summed E-state index contributed by atoms with van der Waals surface area (Å²) in [4.78, 5) is 6.70. The molecule has 1 atom stereocenters. The van der Waals surface area contributed by atoms with E-state index in [-0.39, 0.29) is 0 Å². The second-order valence-corrected chi connectivity index (χ2v) is 6.54. The van der Waals surface area contributed by atoms with Gasteiger partial charge in [0.15, 0.2) is 5.96 Å². The molecule has 134 valence electrons. The first-order chi connectivity index (χ1) is 11.8. The van der Waals surface area contributed by atoms with Crippen LogP contribution in [0.25, 0.3) is 0 Å². The minimum Gasteiger partial charge on any atom is -0.472 e. The molecule has 0 bridgehead atoms. The highest BCUT2D eigenvalue weighted by Gasteiger charge is 2.23. The number of furan rings is 1. The monoisotopic (exact) mass is 335 g/mol. The van der Waals surface area contributed by atoms with Gasteiger partial charge in [0.05, 0.1) is 31.3 Å². The lowest BCUT2D eigenvalue weighted by Crippen LogP contribution is -2.47. The molecule has 0 spiro atoms. The molecule has 1 aromatic rings. The fourth-order valence-corrected chi connectivity index (χ4v) is 3.32. The lowest BCUT2D eigenvalue weighted by Gasteiger charge is -2.35. The predicted octanol–water partition coefficient (Wildman–Crippen LogP) is 2.41. The highest BCUT2D eigenvalue weighted by molar-refractivity contribution is 5.79. The average Bonchev–Trinajstić information content (AvgIpc) is 3.16. The van der Waals surface area contributed by atoms with E-state index in [1.807, 2.05) is 13.1 Å². The van der Waals surface area contributed by atoms with Crippen LogP contribution in [0.4, 0.5) is 0 Å². The van der Waals surface area contributed by atoms with Crippen molar-refractivity contribution in [1.82, 2.24) is 10.2 Å². The highest BCUT2D eigenvalue weighted by Crippen LogP contribution is 2.18. The number of nitrogens with zero attached hydrogens (tertiary/aromatic N) is 2. The molecule has 0 radical (unpaired) electrons. The number of likely N-dealkylation sites (tertiary alicyclic amines) is 1. The van der Waals surface area contributed by atoms with Crippen LogP contribution in [0.5, 0.6) is 0 Å². The van der Waals surface area contributed by atoms with Crippen molar-refractivity contribution in [3.05, 3.63) is 24.2 Å². The molecule has 2 aliphatic rings. The van der Waals surface area contributed by atoms with Crippen molar-refractivity contribution in [2.24, 2.45) is 4.99 Å². The fourth-order valence-electron chi connectivity index (χ4n) is 3.32. The van der Waals surface area contributed by atoms with E-state index in [2.05, 4.69) is 15.2 Å². The predicted molar refractivity (Wildman–Crippen MR) is 93.0 cm³/mol. The third-order valence-electron chi connectivity index (χ3n) is 4.78. The van der Waals surface area contributed by atoms with Gasteiger partial charge in [-0.3, -0.25) is 4.99 Å². The molecule has 24 heavy (non-hydrogen) atoms. The summed E-state index contributed by atoms with van der Waals surface area (Å²) in [5.74, 6) is 0.949. The Morgan fingerprint density at radius 3 is 2.88 bits per heavy atom. The molecule has 1 N–H and O–H groups in total.